The molecule has 0 saturated carbocycles. The van der Waals surface area contributed by atoms with Crippen molar-refractivity contribution in [2.75, 3.05) is 18.6 Å². The molecule has 0 spiro atoms. The van der Waals surface area contributed by atoms with Gasteiger partial charge in [0.15, 0.2) is 0 Å². The molecule has 0 fully saturated rings. The Morgan fingerprint density at radius 2 is 2.24 bits per heavy atom. The fourth-order valence-electron chi connectivity index (χ4n) is 1.71. The minimum Gasteiger partial charge on any atom is -0.310 e. The zero-order valence-electron chi connectivity index (χ0n) is 10.3. The number of rotatable bonds is 7. The van der Waals surface area contributed by atoms with Gasteiger partial charge in [0.2, 0.25) is 0 Å². The predicted octanol–water partition coefficient (Wildman–Crippen LogP) is 4.27. The van der Waals surface area contributed by atoms with Crippen molar-refractivity contribution in [3.63, 3.8) is 0 Å². The molecule has 0 aliphatic carbocycles. The molecule has 0 bridgehead atoms. The van der Waals surface area contributed by atoms with E-state index < -0.39 is 0 Å². The zero-order chi connectivity index (χ0) is 12.7. The fourth-order valence-corrected chi connectivity index (χ4v) is 2.34. The molecule has 1 nitrogen and oxygen atoms in total. The maximum absolute atomic E-state index is 13.8. The molecule has 1 aromatic rings. The van der Waals surface area contributed by atoms with Gasteiger partial charge in [-0.15, -0.1) is 0 Å². The molecule has 0 heterocycles. The second kappa shape index (κ2) is 7.96. The summed E-state index contributed by atoms with van der Waals surface area (Å²) in [4.78, 5) is 0. The lowest BCUT2D eigenvalue weighted by atomic mass is 10.0. The van der Waals surface area contributed by atoms with Gasteiger partial charge in [-0.3, -0.25) is 0 Å². The summed E-state index contributed by atoms with van der Waals surface area (Å²) in [5.74, 6) is 0.802. The van der Waals surface area contributed by atoms with Crippen LogP contribution in [-0.2, 0) is 0 Å². The highest BCUT2D eigenvalue weighted by Crippen LogP contribution is 2.24. The molecule has 0 saturated heterocycles. The highest BCUT2D eigenvalue weighted by molar-refractivity contribution is 7.98. The van der Waals surface area contributed by atoms with E-state index in [0.717, 1.165) is 30.7 Å². The van der Waals surface area contributed by atoms with Crippen molar-refractivity contribution >= 4 is 23.4 Å². The van der Waals surface area contributed by atoms with Crippen LogP contribution in [0.2, 0.25) is 5.02 Å². The topological polar surface area (TPSA) is 12.0 Å². The number of nitrogens with one attached hydrogen (secondary N) is 1. The van der Waals surface area contributed by atoms with Crippen LogP contribution in [0.3, 0.4) is 0 Å². The molecule has 0 aromatic heterocycles. The third-order valence-corrected chi connectivity index (χ3v) is 3.47. The Hall–Kier alpha value is -0.250. The van der Waals surface area contributed by atoms with E-state index in [4.69, 9.17) is 11.6 Å². The van der Waals surface area contributed by atoms with Crippen molar-refractivity contribution < 1.29 is 4.39 Å². The van der Waals surface area contributed by atoms with E-state index in [9.17, 15) is 4.39 Å². The minimum absolute atomic E-state index is 0.0830. The average Bonchev–Trinajstić information content (AvgIpc) is 2.30. The molecule has 1 unspecified atom stereocenters. The summed E-state index contributed by atoms with van der Waals surface area (Å²) in [6, 6.07) is 5.00. The fraction of sp³-hybridized carbons (Fsp3) is 0.538. The largest absolute Gasteiger partial charge is 0.310 e. The summed E-state index contributed by atoms with van der Waals surface area (Å²) in [7, 11) is 0. The molecule has 0 radical (unpaired) electrons. The molecule has 1 rings (SSSR count). The number of thioether (sulfide) groups is 1. The van der Waals surface area contributed by atoms with Crippen LogP contribution in [-0.4, -0.2) is 18.6 Å². The molecule has 1 atom stereocenters. The van der Waals surface area contributed by atoms with Crippen LogP contribution in [0.4, 0.5) is 4.39 Å². The Kier molecular flexibility index (Phi) is 6.93. The molecule has 96 valence electrons. The maximum Gasteiger partial charge on any atom is 0.129 e. The van der Waals surface area contributed by atoms with E-state index in [1.165, 1.54) is 6.07 Å². The van der Waals surface area contributed by atoms with Crippen molar-refractivity contribution in [3.8, 4) is 0 Å². The summed E-state index contributed by atoms with van der Waals surface area (Å²) < 4.78 is 13.8. The lowest BCUT2D eigenvalue weighted by Crippen LogP contribution is -2.23. The first-order valence-electron chi connectivity index (χ1n) is 5.86. The van der Waals surface area contributed by atoms with Gasteiger partial charge in [-0.25, -0.2) is 4.39 Å². The Balaban J connectivity index is 2.79. The molecule has 1 N–H and O–H groups in total. The Labute approximate surface area is 112 Å². The number of hydrogen-bond acceptors (Lipinski definition) is 2. The van der Waals surface area contributed by atoms with Gasteiger partial charge in [-0.2, -0.15) is 11.8 Å². The van der Waals surface area contributed by atoms with Gasteiger partial charge in [0.05, 0.1) is 0 Å². The van der Waals surface area contributed by atoms with Gasteiger partial charge in [0.25, 0.3) is 0 Å². The van der Waals surface area contributed by atoms with Gasteiger partial charge in [0.1, 0.15) is 5.82 Å². The standard InChI is InChI=1S/C13H19ClFNS/c1-3-7-16-13(6-8-17-2)11-5-4-10(14)9-12(11)15/h4-5,9,13,16H,3,6-8H2,1-2H3. The van der Waals surface area contributed by atoms with Gasteiger partial charge < -0.3 is 5.32 Å². The van der Waals surface area contributed by atoms with E-state index in [0.29, 0.717) is 5.02 Å². The Bertz CT molecular complexity index is 338. The summed E-state index contributed by atoms with van der Waals surface area (Å²) in [6.07, 6.45) is 4.04. The van der Waals surface area contributed by atoms with Crippen LogP contribution in [0.5, 0.6) is 0 Å². The molecule has 0 amide bonds. The van der Waals surface area contributed by atoms with E-state index in [1.807, 2.05) is 0 Å². The highest BCUT2D eigenvalue weighted by atomic mass is 35.5. The van der Waals surface area contributed by atoms with Crippen LogP contribution in [0, 0.1) is 5.82 Å². The van der Waals surface area contributed by atoms with Crippen LogP contribution in [0.15, 0.2) is 18.2 Å². The number of benzene rings is 1. The first-order valence-corrected chi connectivity index (χ1v) is 7.63. The molecular formula is C13H19ClFNS. The van der Waals surface area contributed by atoms with Gasteiger partial charge in [0, 0.05) is 16.6 Å². The van der Waals surface area contributed by atoms with E-state index in [1.54, 1.807) is 23.9 Å². The van der Waals surface area contributed by atoms with E-state index in [2.05, 4.69) is 18.5 Å². The molecular weight excluding hydrogens is 257 g/mol. The zero-order valence-corrected chi connectivity index (χ0v) is 11.9. The second-order valence-corrected chi connectivity index (χ2v) is 5.38. The van der Waals surface area contributed by atoms with Crippen molar-refractivity contribution in [1.82, 2.24) is 5.32 Å². The highest BCUT2D eigenvalue weighted by Gasteiger charge is 2.14. The van der Waals surface area contributed by atoms with Gasteiger partial charge in [-0.1, -0.05) is 24.6 Å². The monoisotopic (exact) mass is 275 g/mol. The summed E-state index contributed by atoms with van der Waals surface area (Å²) in [5.41, 5.74) is 0.719. The number of halogens is 2. The lowest BCUT2D eigenvalue weighted by Gasteiger charge is -2.19. The van der Waals surface area contributed by atoms with E-state index >= 15 is 0 Å². The van der Waals surface area contributed by atoms with Crippen LogP contribution >= 0.6 is 23.4 Å². The van der Waals surface area contributed by atoms with Crippen molar-refractivity contribution in [1.29, 1.82) is 0 Å². The smallest absolute Gasteiger partial charge is 0.129 e. The minimum atomic E-state index is -0.216. The van der Waals surface area contributed by atoms with E-state index in [-0.39, 0.29) is 11.9 Å². The maximum atomic E-state index is 13.8. The van der Waals surface area contributed by atoms with Gasteiger partial charge in [-0.05, 0) is 43.5 Å². The molecule has 17 heavy (non-hydrogen) atoms. The third kappa shape index (κ3) is 4.86. The second-order valence-electron chi connectivity index (χ2n) is 3.95. The average molecular weight is 276 g/mol. The van der Waals surface area contributed by atoms with Crippen LogP contribution in [0.25, 0.3) is 0 Å². The Morgan fingerprint density at radius 3 is 2.82 bits per heavy atom. The van der Waals surface area contributed by atoms with Crippen molar-refractivity contribution in [3.05, 3.63) is 34.6 Å². The summed E-state index contributed by atoms with van der Waals surface area (Å²) >= 11 is 7.54. The van der Waals surface area contributed by atoms with Crippen LogP contribution < -0.4 is 5.32 Å². The molecule has 1 aromatic carbocycles. The first-order chi connectivity index (χ1) is 8.19. The normalized spacial score (nSPS) is 12.7. The van der Waals surface area contributed by atoms with Crippen molar-refractivity contribution in [2.45, 2.75) is 25.8 Å². The third-order valence-electron chi connectivity index (χ3n) is 2.59. The van der Waals surface area contributed by atoms with Gasteiger partial charge >= 0.3 is 0 Å². The molecule has 0 aliphatic heterocycles. The molecule has 0 aliphatic rings. The van der Waals surface area contributed by atoms with Crippen LogP contribution in [0.1, 0.15) is 31.4 Å². The Morgan fingerprint density at radius 1 is 1.47 bits per heavy atom. The lowest BCUT2D eigenvalue weighted by molar-refractivity contribution is 0.491. The number of hydrogen-bond donors (Lipinski definition) is 1. The SMILES string of the molecule is CCCNC(CCSC)c1ccc(Cl)cc1F. The first kappa shape index (κ1) is 14.8. The predicted molar refractivity (Wildman–Crippen MR) is 75.4 cm³/mol. The summed E-state index contributed by atoms with van der Waals surface area (Å²) in [6.45, 7) is 3.01. The quantitative estimate of drug-likeness (QED) is 0.797. The summed E-state index contributed by atoms with van der Waals surface area (Å²) in [5, 5.41) is 3.83. The molecule has 4 heteroatoms. The van der Waals surface area contributed by atoms with Crippen molar-refractivity contribution in [2.24, 2.45) is 0 Å².